The van der Waals surface area contributed by atoms with Crippen molar-refractivity contribution in [1.82, 2.24) is 5.32 Å². The molecule has 104 valence electrons. The third kappa shape index (κ3) is 2.67. The summed E-state index contributed by atoms with van der Waals surface area (Å²) in [5, 5.41) is 2.33. The highest BCUT2D eigenvalue weighted by atomic mass is 28.4. The van der Waals surface area contributed by atoms with Crippen LogP contribution in [0.4, 0.5) is 0 Å². The van der Waals surface area contributed by atoms with Crippen LogP contribution in [-0.4, -0.2) is 26.2 Å². The van der Waals surface area contributed by atoms with Gasteiger partial charge >= 0.3 is 0 Å². The molecule has 0 radical (unpaired) electrons. The Morgan fingerprint density at radius 3 is 1.78 bits per heavy atom. The number of imide groups is 1. The van der Waals surface area contributed by atoms with Crippen molar-refractivity contribution in [2.45, 2.75) is 70.7 Å². The first-order valence-electron chi connectivity index (χ1n) is 6.73. The van der Waals surface area contributed by atoms with E-state index in [1.54, 1.807) is 0 Å². The topological polar surface area (TPSA) is 55.4 Å². The van der Waals surface area contributed by atoms with Gasteiger partial charge in [0.25, 0.3) is 5.91 Å². The average molecular weight is 271 g/mol. The van der Waals surface area contributed by atoms with Gasteiger partial charge in [-0.05, 0) is 16.6 Å². The number of nitrogens with one attached hydrogen (secondary N) is 1. The van der Waals surface area contributed by atoms with Crippen LogP contribution in [0, 0.1) is 0 Å². The number of rotatable bonds is 5. The van der Waals surface area contributed by atoms with Crippen LogP contribution < -0.4 is 5.32 Å². The zero-order valence-electron chi connectivity index (χ0n) is 12.2. The van der Waals surface area contributed by atoms with Crippen LogP contribution in [0.2, 0.25) is 16.6 Å². The van der Waals surface area contributed by atoms with Crippen LogP contribution in [0.3, 0.4) is 0 Å². The van der Waals surface area contributed by atoms with Gasteiger partial charge in [-0.25, -0.2) is 0 Å². The smallest absolute Gasteiger partial charge is 0.254 e. The molecule has 4 nitrogen and oxygen atoms in total. The first-order chi connectivity index (χ1) is 8.21. The van der Waals surface area contributed by atoms with Crippen molar-refractivity contribution < 1.29 is 14.0 Å². The molecule has 5 heteroatoms. The summed E-state index contributed by atoms with van der Waals surface area (Å²) >= 11 is 0. The molecule has 0 aliphatic carbocycles. The molecule has 1 aliphatic heterocycles. The molecule has 0 aromatic carbocycles. The quantitative estimate of drug-likeness (QED) is 0.617. The second-order valence-electron chi connectivity index (χ2n) is 6.04. The fraction of sp³-hybridized carbons (Fsp3) is 0.846. The van der Waals surface area contributed by atoms with Crippen molar-refractivity contribution in [3.05, 3.63) is 0 Å². The predicted molar refractivity (Wildman–Crippen MR) is 73.7 cm³/mol. The lowest BCUT2D eigenvalue weighted by molar-refractivity contribution is -0.127. The maximum Gasteiger partial charge on any atom is 0.254 e. The lowest BCUT2D eigenvalue weighted by Gasteiger charge is -2.43. The molecule has 0 saturated carbocycles. The normalized spacial score (nSPS) is 21.3. The molecule has 2 amide bonds. The lowest BCUT2D eigenvalue weighted by atomic mass is 10.3. The van der Waals surface area contributed by atoms with Gasteiger partial charge in [0.15, 0.2) is 0 Å². The van der Waals surface area contributed by atoms with E-state index < -0.39 is 14.4 Å². The number of hydrogen-bond acceptors (Lipinski definition) is 3. The van der Waals surface area contributed by atoms with Crippen molar-refractivity contribution in [1.29, 1.82) is 0 Å². The van der Waals surface area contributed by atoms with E-state index in [-0.39, 0.29) is 18.2 Å². The summed E-state index contributed by atoms with van der Waals surface area (Å²) in [5.74, 6) is -0.483. The third-order valence-electron chi connectivity index (χ3n) is 3.98. The lowest BCUT2D eigenvalue weighted by Crippen LogP contribution is -2.51. The van der Waals surface area contributed by atoms with Gasteiger partial charge in [-0.1, -0.05) is 41.5 Å². The predicted octanol–water partition coefficient (Wildman–Crippen LogP) is 2.59. The highest BCUT2D eigenvalue weighted by Gasteiger charge is 2.49. The Morgan fingerprint density at radius 1 is 1.06 bits per heavy atom. The van der Waals surface area contributed by atoms with Crippen LogP contribution in [0.15, 0.2) is 0 Å². The summed E-state index contributed by atoms with van der Waals surface area (Å²) < 4.78 is 6.27. The summed E-state index contributed by atoms with van der Waals surface area (Å²) in [6.45, 7) is 13.0. The monoisotopic (exact) mass is 271 g/mol. The fourth-order valence-electron chi connectivity index (χ4n) is 3.28. The van der Waals surface area contributed by atoms with Gasteiger partial charge in [-0.2, -0.15) is 0 Å². The van der Waals surface area contributed by atoms with Crippen LogP contribution >= 0.6 is 0 Å². The van der Waals surface area contributed by atoms with E-state index in [9.17, 15) is 9.59 Å². The maximum absolute atomic E-state index is 11.7. The van der Waals surface area contributed by atoms with Crippen molar-refractivity contribution in [3.63, 3.8) is 0 Å². The SMILES string of the molecule is CC(C)[Si](O[C@H]1CC(=O)NC1=O)(C(C)C)C(C)C. The van der Waals surface area contributed by atoms with Gasteiger partial charge in [0, 0.05) is 0 Å². The molecule has 18 heavy (non-hydrogen) atoms. The molecule has 1 aliphatic rings. The maximum atomic E-state index is 11.7. The molecular formula is C13H25NO3Si. The largest absolute Gasteiger partial charge is 0.404 e. The van der Waals surface area contributed by atoms with Crippen molar-refractivity contribution in [2.75, 3.05) is 0 Å². The Balaban J connectivity index is 2.98. The third-order valence-corrected chi connectivity index (χ3v) is 10.1. The molecule has 0 aromatic heterocycles. The number of amides is 2. The van der Waals surface area contributed by atoms with Crippen molar-refractivity contribution in [3.8, 4) is 0 Å². The van der Waals surface area contributed by atoms with Crippen LogP contribution in [0.1, 0.15) is 48.0 Å². The van der Waals surface area contributed by atoms with Crippen LogP contribution in [0.25, 0.3) is 0 Å². The fourth-order valence-corrected chi connectivity index (χ4v) is 8.78. The molecule has 0 bridgehead atoms. The van der Waals surface area contributed by atoms with Gasteiger partial charge in [0.2, 0.25) is 14.2 Å². The molecule has 0 spiro atoms. The Kier molecular flexibility index (Phi) is 4.72. The number of carbonyl (C=O) groups is 2. The number of hydrogen-bond donors (Lipinski definition) is 1. The first-order valence-corrected chi connectivity index (χ1v) is 8.87. The summed E-state index contributed by atoms with van der Waals surface area (Å²) in [6, 6.07) is 0. The molecular weight excluding hydrogens is 246 g/mol. The minimum atomic E-state index is -2.08. The van der Waals surface area contributed by atoms with Crippen molar-refractivity contribution >= 4 is 20.1 Å². The zero-order valence-corrected chi connectivity index (χ0v) is 13.2. The summed E-state index contributed by atoms with van der Waals surface area (Å²) in [6.07, 6.45) is -0.393. The van der Waals surface area contributed by atoms with E-state index >= 15 is 0 Å². The van der Waals surface area contributed by atoms with Gasteiger partial charge in [-0.3, -0.25) is 14.9 Å². The molecule has 1 rings (SSSR count). The second-order valence-corrected chi connectivity index (χ2v) is 11.4. The zero-order chi connectivity index (χ0) is 14.1. The Labute approximate surface area is 111 Å². The van der Waals surface area contributed by atoms with E-state index in [0.29, 0.717) is 16.6 Å². The standard InChI is InChI=1S/C13H25NO3Si/c1-8(2)18(9(3)4,10(5)6)17-11-7-12(15)14-13(11)16/h8-11H,7H2,1-6H3,(H,14,15,16)/t11-/m0/s1. The average Bonchev–Trinajstić information content (AvgIpc) is 2.51. The van der Waals surface area contributed by atoms with Crippen LogP contribution in [0.5, 0.6) is 0 Å². The first kappa shape index (κ1) is 15.4. The van der Waals surface area contributed by atoms with Gasteiger partial charge in [0.1, 0.15) is 6.10 Å². The Bertz CT molecular complexity index is 317. The van der Waals surface area contributed by atoms with Gasteiger partial charge in [0.05, 0.1) is 6.42 Å². The minimum absolute atomic E-state index is 0.180. The Morgan fingerprint density at radius 2 is 1.50 bits per heavy atom. The van der Waals surface area contributed by atoms with E-state index in [1.165, 1.54) is 0 Å². The van der Waals surface area contributed by atoms with E-state index in [2.05, 4.69) is 46.9 Å². The molecule has 1 fully saturated rings. The molecule has 1 heterocycles. The minimum Gasteiger partial charge on any atom is -0.404 e. The van der Waals surface area contributed by atoms with E-state index in [1.807, 2.05) is 0 Å². The highest BCUT2D eigenvalue weighted by molar-refractivity contribution is 6.77. The molecule has 1 saturated heterocycles. The number of carbonyl (C=O) groups excluding carboxylic acids is 2. The van der Waals surface area contributed by atoms with Gasteiger partial charge in [-0.15, -0.1) is 0 Å². The Hall–Kier alpha value is -0.683. The van der Waals surface area contributed by atoms with E-state index in [4.69, 9.17) is 4.43 Å². The summed E-state index contributed by atoms with van der Waals surface area (Å²) in [5.41, 5.74) is 1.25. The molecule has 0 aromatic rings. The molecule has 1 atom stereocenters. The summed E-state index contributed by atoms with van der Waals surface area (Å²) in [7, 11) is -2.08. The molecule has 1 N–H and O–H groups in total. The molecule has 0 unspecified atom stereocenters. The van der Waals surface area contributed by atoms with Crippen molar-refractivity contribution in [2.24, 2.45) is 0 Å². The highest BCUT2D eigenvalue weighted by Crippen LogP contribution is 2.43. The van der Waals surface area contributed by atoms with E-state index in [0.717, 1.165) is 0 Å². The van der Waals surface area contributed by atoms with Gasteiger partial charge < -0.3 is 4.43 Å². The summed E-state index contributed by atoms with van der Waals surface area (Å²) in [4.78, 5) is 23.0. The second kappa shape index (κ2) is 5.53. The van der Waals surface area contributed by atoms with Crippen LogP contribution in [-0.2, 0) is 14.0 Å².